The average Bonchev–Trinajstić information content (AvgIpc) is 2.68. The van der Waals surface area contributed by atoms with Crippen LogP contribution in [0, 0.1) is 0 Å². The number of unbranched alkanes of at least 4 members (excludes halogenated alkanes) is 15. The summed E-state index contributed by atoms with van der Waals surface area (Å²) in [6.07, 6.45) is 19.3. The maximum Gasteiger partial charge on any atom is 0.352 e. The van der Waals surface area contributed by atoms with E-state index in [1.165, 1.54) is 89.9 Å². The predicted octanol–water partition coefficient (Wildman–Crippen LogP) is 5.82. The van der Waals surface area contributed by atoms with Gasteiger partial charge in [-0.2, -0.15) is 5.06 Å². The minimum atomic E-state index is -1.57. The minimum absolute atomic E-state index is 0.176. The summed E-state index contributed by atoms with van der Waals surface area (Å²) < 4.78 is 4.96. The number of likely N-dealkylation sites (N-methyl/N-ethyl adjacent to an activating group) is 1. The molecule has 0 rings (SSSR count). The first-order valence-corrected chi connectivity index (χ1v) is 11.4. The molecule has 5 nitrogen and oxygen atoms in total. The van der Waals surface area contributed by atoms with Crippen LogP contribution in [0.3, 0.4) is 0 Å². The summed E-state index contributed by atoms with van der Waals surface area (Å²) in [6, 6.07) is 0. The zero-order valence-corrected chi connectivity index (χ0v) is 18.0. The van der Waals surface area contributed by atoms with Crippen molar-refractivity contribution in [3.05, 3.63) is 0 Å². The van der Waals surface area contributed by atoms with Crippen molar-refractivity contribution in [2.24, 2.45) is 0 Å². The molecule has 0 aromatic heterocycles. The zero-order chi connectivity index (χ0) is 20.2. The molecule has 0 aliphatic carbocycles. The molecule has 0 fully saturated rings. The average molecular weight is 388 g/mol. The lowest BCUT2D eigenvalue weighted by atomic mass is 10.0. The number of carbonyl (C=O) groups excluding carboxylic acids is 1. The molecule has 0 aliphatic rings. The third-order valence-electron chi connectivity index (χ3n) is 5.06. The van der Waals surface area contributed by atoms with Crippen LogP contribution >= 0.6 is 0 Å². The van der Waals surface area contributed by atoms with Gasteiger partial charge in [0.1, 0.15) is 0 Å². The van der Waals surface area contributed by atoms with Crippen LogP contribution in [0.25, 0.3) is 0 Å². The van der Waals surface area contributed by atoms with E-state index in [9.17, 15) is 15.1 Å². The van der Waals surface area contributed by atoms with Gasteiger partial charge in [0.15, 0.2) is 0 Å². The van der Waals surface area contributed by atoms with Gasteiger partial charge in [0.05, 0.1) is 6.61 Å². The molecular formula is C22H45NO4. The van der Waals surface area contributed by atoms with E-state index in [4.69, 9.17) is 4.74 Å². The Morgan fingerprint density at radius 3 is 1.48 bits per heavy atom. The highest BCUT2D eigenvalue weighted by Crippen LogP contribution is 2.13. The molecule has 0 bridgehead atoms. The zero-order valence-electron chi connectivity index (χ0n) is 18.0. The molecule has 0 heterocycles. The molecule has 2 N–H and O–H groups in total. The fraction of sp³-hybridized carbons (Fsp3) is 0.955. The van der Waals surface area contributed by atoms with Crippen LogP contribution in [0.5, 0.6) is 0 Å². The van der Waals surface area contributed by atoms with Crippen LogP contribution in [0.2, 0.25) is 0 Å². The number of aliphatic hydroxyl groups is 1. The quantitative estimate of drug-likeness (QED) is 0.119. The predicted molar refractivity (Wildman–Crippen MR) is 111 cm³/mol. The summed E-state index contributed by atoms with van der Waals surface area (Å²) in [5.74, 6) is -0.777. The second-order valence-corrected chi connectivity index (χ2v) is 7.60. The first kappa shape index (κ1) is 26.4. The van der Waals surface area contributed by atoms with Crippen molar-refractivity contribution in [1.82, 2.24) is 5.06 Å². The number of aliphatic hydroxyl groups excluding tert-OH is 1. The highest BCUT2D eigenvalue weighted by molar-refractivity contribution is 5.73. The molecule has 5 heteroatoms. The fourth-order valence-electron chi connectivity index (χ4n) is 3.19. The molecule has 0 radical (unpaired) electrons. The molecule has 0 spiro atoms. The van der Waals surface area contributed by atoms with Crippen molar-refractivity contribution >= 4 is 5.97 Å². The molecule has 0 aromatic carbocycles. The molecule has 0 aliphatic heterocycles. The first-order valence-electron chi connectivity index (χ1n) is 11.4. The van der Waals surface area contributed by atoms with Crippen molar-refractivity contribution in [3.8, 4) is 0 Å². The maximum absolute atomic E-state index is 11.4. The summed E-state index contributed by atoms with van der Waals surface area (Å²) in [6.45, 7) is 4.40. The van der Waals surface area contributed by atoms with E-state index in [0.717, 1.165) is 12.8 Å². The van der Waals surface area contributed by atoms with Gasteiger partial charge in [-0.3, -0.25) is 0 Å². The van der Waals surface area contributed by atoms with Crippen molar-refractivity contribution in [2.75, 3.05) is 13.2 Å². The van der Waals surface area contributed by atoms with Crippen LogP contribution < -0.4 is 0 Å². The Hall–Kier alpha value is -0.650. The number of hydroxylamine groups is 2. The van der Waals surface area contributed by atoms with Gasteiger partial charge >= 0.3 is 5.97 Å². The van der Waals surface area contributed by atoms with E-state index in [2.05, 4.69) is 6.92 Å². The normalized spacial score (nSPS) is 12.5. The van der Waals surface area contributed by atoms with Crippen LogP contribution in [0.4, 0.5) is 0 Å². The number of ether oxygens (including phenoxy) is 1. The number of nitrogens with zero attached hydrogens (tertiary/aromatic N) is 1. The van der Waals surface area contributed by atoms with Gasteiger partial charge in [-0.05, 0) is 13.3 Å². The van der Waals surface area contributed by atoms with Crippen molar-refractivity contribution in [2.45, 2.75) is 123 Å². The van der Waals surface area contributed by atoms with Crippen molar-refractivity contribution < 1.29 is 19.8 Å². The molecule has 0 saturated heterocycles. The van der Waals surface area contributed by atoms with Crippen LogP contribution in [0.15, 0.2) is 0 Å². The lowest BCUT2D eigenvalue weighted by molar-refractivity contribution is -0.213. The van der Waals surface area contributed by atoms with Crippen LogP contribution in [0.1, 0.15) is 117 Å². The summed E-state index contributed by atoms with van der Waals surface area (Å²) in [5.41, 5.74) is 0. The highest BCUT2D eigenvalue weighted by atomic mass is 16.6. The molecule has 0 amide bonds. The highest BCUT2D eigenvalue weighted by Gasteiger charge is 2.21. The lowest BCUT2D eigenvalue weighted by Crippen LogP contribution is -2.39. The van der Waals surface area contributed by atoms with E-state index >= 15 is 0 Å². The van der Waals surface area contributed by atoms with Crippen LogP contribution in [-0.4, -0.2) is 40.7 Å². The third kappa shape index (κ3) is 17.2. The van der Waals surface area contributed by atoms with Crippen molar-refractivity contribution in [3.63, 3.8) is 0 Å². The Bertz CT molecular complexity index is 325. The lowest BCUT2D eigenvalue weighted by Gasteiger charge is -2.17. The summed E-state index contributed by atoms with van der Waals surface area (Å²) >= 11 is 0. The largest absolute Gasteiger partial charge is 0.463 e. The van der Waals surface area contributed by atoms with E-state index in [1.54, 1.807) is 6.92 Å². The minimum Gasteiger partial charge on any atom is -0.463 e. The summed E-state index contributed by atoms with van der Waals surface area (Å²) in [4.78, 5) is 11.4. The Morgan fingerprint density at radius 1 is 0.741 bits per heavy atom. The summed E-state index contributed by atoms with van der Waals surface area (Å²) in [5, 5.41) is 19.2. The monoisotopic (exact) mass is 387 g/mol. The second-order valence-electron chi connectivity index (χ2n) is 7.60. The van der Waals surface area contributed by atoms with E-state index in [0.29, 0.717) is 11.7 Å². The second kappa shape index (κ2) is 20.1. The molecular weight excluding hydrogens is 342 g/mol. The summed E-state index contributed by atoms with van der Waals surface area (Å²) in [7, 11) is 0. The van der Waals surface area contributed by atoms with Gasteiger partial charge in [-0.1, -0.05) is 103 Å². The molecule has 1 atom stereocenters. The smallest absolute Gasteiger partial charge is 0.352 e. The van der Waals surface area contributed by atoms with Gasteiger partial charge < -0.3 is 15.1 Å². The Labute approximate surface area is 167 Å². The third-order valence-corrected chi connectivity index (χ3v) is 5.06. The van der Waals surface area contributed by atoms with Gasteiger partial charge in [0.2, 0.25) is 6.23 Å². The van der Waals surface area contributed by atoms with E-state index in [1.807, 2.05) is 0 Å². The Balaban J connectivity index is 3.20. The molecule has 27 heavy (non-hydrogen) atoms. The number of rotatable bonds is 20. The standard InChI is InChI=1S/C22H45NO4/c1-3-5-6-7-8-9-10-11-12-13-14-15-16-17-18-19-20-27-22(25)21(24)23(26)4-2/h21,24,26H,3-20H2,1-2H3/t21-/m0/s1. The topological polar surface area (TPSA) is 70.0 Å². The number of carbonyl (C=O) groups is 1. The number of hydrogen-bond donors (Lipinski definition) is 2. The van der Waals surface area contributed by atoms with E-state index < -0.39 is 12.2 Å². The van der Waals surface area contributed by atoms with Gasteiger partial charge in [0, 0.05) is 6.54 Å². The Kier molecular flexibility index (Phi) is 19.6. The Morgan fingerprint density at radius 2 is 1.11 bits per heavy atom. The maximum atomic E-state index is 11.4. The number of esters is 1. The van der Waals surface area contributed by atoms with Gasteiger partial charge in [0.25, 0.3) is 0 Å². The number of hydrogen-bond acceptors (Lipinski definition) is 5. The fourth-order valence-corrected chi connectivity index (χ4v) is 3.19. The SMILES string of the molecule is CCCCCCCCCCCCCCCCCCOC(=O)[C@H](O)N(O)CC. The van der Waals surface area contributed by atoms with Gasteiger partial charge in [-0.15, -0.1) is 0 Å². The van der Waals surface area contributed by atoms with Crippen LogP contribution in [-0.2, 0) is 9.53 Å². The first-order chi connectivity index (χ1) is 13.1. The van der Waals surface area contributed by atoms with Crippen molar-refractivity contribution in [1.29, 1.82) is 0 Å². The molecule has 0 aromatic rings. The van der Waals surface area contributed by atoms with E-state index in [-0.39, 0.29) is 6.54 Å². The van der Waals surface area contributed by atoms with Gasteiger partial charge in [-0.25, -0.2) is 4.79 Å². The molecule has 162 valence electrons. The molecule has 0 unspecified atom stereocenters. The molecule has 0 saturated carbocycles.